The van der Waals surface area contributed by atoms with Crippen molar-refractivity contribution in [3.05, 3.63) is 34.9 Å². The van der Waals surface area contributed by atoms with Gasteiger partial charge in [-0.05, 0) is 30.0 Å². The molecule has 1 aliphatic carbocycles. The molecule has 0 saturated heterocycles. The van der Waals surface area contributed by atoms with E-state index in [1.807, 2.05) is 0 Å². The molecule has 1 saturated carbocycles. The summed E-state index contributed by atoms with van der Waals surface area (Å²) in [7, 11) is 0. The normalized spacial score (nSPS) is 19.6. The number of carboxylic acid groups (broad SMARTS) is 1. The average Bonchev–Trinajstić information content (AvgIpc) is 3.12. The largest absolute Gasteiger partial charge is 0.480 e. The van der Waals surface area contributed by atoms with E-state index in [9.17, 15) is 27.9 Å². The van der Waals surface area contributed by atoms with Gasteiger partial charge in [0.15, 0.2) is 0 Å². The third-order valence-corrected chi connectivity index (χ3v) is 4.99. The molecule has 4 nitrogen and oxygen atoms in total. The fourth-order valence-electron chi connectivity index (χ4n) is 3.79. The molecule has 1 atom stereocenters. The highest BCUT2D eigenvalue weighted by Gasteiger charge is 2.43. The number of fused-ring (bicyclic) bond motifs is 1. The zero-order valence-corrected chi connectivity index (χ0v) is 13.0. The van der Waals surface area contributed by atoms with Gasteiger partial charge in [-0.15, -0.1) is 0 Å². The molecule has 1 amide bonds. The number of carbonyl (C=O) groups is 2. The number of rotatable bonds is 4. The van der Waals surface area contributed by atoms with Crippen LogP contribution in [0.3, 0.4) is 0 Å². The molecule has 24 heavy (non-hydrogen) atoms. The lowest BCUT2D eigenvalue weighted by molar-refractivity contribution is -0.143. The summed E-state index contributed by atoms with van der Waals surface area (Å²) >= 11 is 0. The van der Waals surface area contributed by atoms with E-state index in [2.05, 4.69) is 0 Å². The summed E-state index contributed by atoms with van der Waals surface area (Å²) in [5, 5.41) is 9.50. The van der Waals surface area contributed by atoms with Gasteiger partial charge >= 0.3 is 12.1 Å². The Kier molecular flexibility index (Phi) is 4.27. The first-order valence-corrected chi connectivity index (χ1v) is 8.02. The number of alkyl halides is 3. The first kappa shape index (κ1) is 16.8. The molecule has 1 aromatic rings. The van der Waals surface area contributed by atoms with Crippen molar-refractivity contribution in [3.8, 4) is 0 Å². The smallest absolute Gasteiger partial charge is 0.416 e. The molecule has 0 bridgehead atoms. The molecule has 0 radical (unpaired) electrons. The molecular weight excluding hydrogens is 323 g/mol. The minimum absolute atomic E-state index is 0.0394. The van der Waals surface area contributed by atoms with Crippen LogP contribution in [-0.2, 0) is 17.5 Å². The number of amides is 1. The van der Waals surface area contributed by atoms with Crippen LogP contribution in [-0.4, -0.2) is 27.9 Å². The van der Waals surface area contributed by atoms with Crippen molar-refractivity contribution >= 4 is 11.9 Å². The van der Waals surface area contributed by atoms with E-state index in [4.69, 9.17) is 0 Å². The van der Waals surface area contributed by atoms with Gasteiger partial charge in [-0.2, -0.15) is 13.2 Å². The highest BCUT2D eigenvalue weighted by atomic mass is 19.4. The van der Waals surface area contributed by atoms with E-state index in [1.54, 1.807) is 0 Å². The molecule has 1 aromatic carbocycles. The summed E-state index contributed by atoms with van der Waals surface area (Å²) in [4.78, 5) is 25.2. The van der Waals surface area contributed by atoms with Crippen molar-refractivity contribution in [1.82, 2.24) is 4.90 Å². The molecule has 1 fully saturated rings. The minimum Gasteiger partial charge on any atom is -0.480 e. The lowest BCUT2D eigenvalue weighted by atomic mass is 9.97. The Bertz CT molecular complexity index is 666. The number of halogens is 3. The molecule has 7 heteroatoms. The first-order chi connectivity index (χ1) is 11.3. The second-order valence-corrected chi connectivity index (χ2v) is 6.50. The Morgan fingerprint density at radius 2 is 1.96 bits per heavy atom. The summed E-state index contributed by atoms with van der Waals surface area (Å²) in [5.74, 6) is -1.57. The number of aliphatic carboxylic acids is 1. The topological polar surface area (TPSA) is 57.6 Å². The minimum atomic E-state index is -4.56. The molecule has 1 N–H and O–H groups in total. The van der Waals surface area contributed by atoms with Crippen LogP contribution in [0.2, 0.25) is 0 Å². The fourth-order valence-corrected chi connectivity index (χ4v) is 3.79. The van der Waals surface area contributed by atoms with Gasteiger partial charge in [0.2, 0.25) is 0 Å². The maximum absolute atomic E-state index is 13.1. The lowest BCUT2D eigenvalue weighted by Gasteiger charge is -2.26. The number of nitrogens with zero attached hydrogens (tertiary/aromatic N) is 1. The van der Waals surface area contributed by atoms with E-state index in [0.717, 1.165) is 36.6 Å². The zero-order valence-electron chi connectivity index (χ0n) is 13.0. The maximum atomic E-state index is 13.1. The van der Waals surface area contributed by atoms with Crippen molar-refractivity contribution < 1.29 is 27.9 Å². The third kappa shape index (κ3) is 2.99. The number of carbonyl (C=O) groups excluding carboxylic acids is 1. The Morgan fingerprint density at radius 3 is 2.54 bits per heavy atom. The summed E-state index contributed by atoms with van der Waals surface area (Å²) in [6, 6.07) is 2.38. The van der Waals surface area contributed by atoms with Crippen LogP contribution in [0, 0.1) is 5.92 Å². The molecule has 2 aliphatic rings. The molecule has 1 aliphatic heterocycles. The zero-order chi connectivity index (χ0) is 17.5. The maximum Gasteiger partial charge on any atom is 0.416 e. The van der Waals surface area contributed by atoms with Crippen LogP contribution in [0.1, 0.15) is 53.6 Å². The van der Waals surface area contributed by atoms with Crippen LogP contribution < -0.4 is 0 Å². The van der Waals surface area contributed by atoms with Crippen molar-refractivity contribution in [2.45, 2.75) is 50.9 Å². The number of hydrogen-bond acceptors (Lipinski definition) is 2. The van der Waals surface area contributed by atoms with E-state index < -0.39 is 29.7 Å². The Morgan fingerprint density at radius 1 is 1.29 bits per heavy atom. The second kappa shape index (κ2) is 6.11. The monoisotopic (exact) mass is 341 g/mol. The van der Waals surface area contributed by atoms with Crippen molar-refractivity contribution in [1.29, 1.82) is 0 Å². The van der Waals surface area contributed by atoms with E-state index in [-0.39, 0.29) is 23.6 Å². The predicted octanol–water partition coefficient (Wildman–Crippen LogP) is 3.69. The van der Waals surface area contributed by atoms with E-state index >= 15 is 0 Å². The standard InChI is InChI=1S/C17H18F3NO3/c18-17(19,20)13-7-3-6-11-12(13)9-21(15(11)22)14(16(23)24)8-10-4-1-2-5-10/h3,6-7,10,14H,1-2,4-5,8-9H2,(H,23,24)/t14-/m0/s1. The van der Waals surface area contributed by atoms with Gasteiger partial charge in [0.25, 0.3) is 5.91 Å². The molecule has 0 unspecified atom stereocenters. The summed E-state index contributed by atoms with van der Waals surface area (Å²) in [6.45, 7) is -0.298. The second-order valence-electron chi connectivity index (χ2n) is 6.50. The van der Waals surface area contributed by atoms with Crippen LogP contribution in [0.4, 0.5) is 13.2 Å². The van der Waals surface area contributed by atoms with Crippen molar-refractivity contribution in [2.24, 2.45) is 5.92 Å². The average molecular weight is 341 g/mol. The van der Waals surface area contributed by atoms with Crippen LogP contribution in [0.5, 0.6) is 0 Å². The molecule has 1 heterocycles. The van der Waals surface area contributed by atoms with Gasteiger partial charge in [0.1, 0.15) is 6.04 Å². The number of carboxylic acids is 1. The summed E-state index contributed by atoms with van der Waals surface area (Å²) in [6.07, 6.45) is -0.381. The molecule has 0 spiro atoms. The Balaban J connectivity index is 1.89. The number of benzene rings is 1. The molecule has 0 aromatic heterocycles. The van der Waals surface area contributed by atoms with Crippen molar-refractivity contribution in [2.75, 3.05) is 0 Å². The SMILES string of the molecule is O=C(O)[C@H](CC1CCCC1)N1Cc2c(cccc2C(F)(F)F)C1=O. The van der Waals surface area contributed by atoms with Gasteiger partial charge in [-0.25, -0.2) is 4.79 Å². The van der Waals surface area contributed by atoms with Crippen LogP contribution in [0.25, 0.3) is 0 Å². The summed E-state index contributed by atoms with van der Waals surface area (Å²) in [5.41, 5.74) is -1.02. The Hall–Kier alpha value is -2.05. The highest BCUT2D eigenvalue weighted by molar-refractivity contribution is 6.00. The van der Waals surface area contributed by atoms with Gasteiger partial charge in [-0.1, -0.05) is 31.7 Å². The fraction of sp³-hybridized carbons (Fsp3) is 0.529. The Labute approximate surface area is 137 Å². The van der Waals surface area contributed by atoms with Crippen molar-refractivity contribution in [3.63, 3.8) is 0 Å². The van der Waals surface area contributed by atoms with Crippen LogP contribution >= 0.6 is 0 Å². The van der Waals surface area contributed by atoms with Gasteiger partial charge in [-0.3, -0.25) is 4.79 Å². The molecular formula is C17H18F3NO3. The van der Waals surface area contributed by atoms with Gasteiger partial charge < -0.3 is 10.0 Å². The van der Waals surface area contributed by atoms with Gasteiger partial charge in [0.05, 0.1) is 5.56 Å². The quantitative estimate of drug-likeness (QED) is 0.908. The third-order valence-electron chi connectivity index (χ3n) is 4.99. The summed E-state index contributed by atoms with van der Waals surface area (Å²) < 4.78 is 39.4. The lowest BCUT2D eigenvalue weighted by Crippen LogP contribution is -2.42. The first-order valence-electron chi connectivity index (χ1n) is 8.02. The predicted molar refractivity (Wildman–Crippen MR) is 79.3 cm³/mol. The van der Waals surface area contributed by atoms with Gasteiger partial charge in [0, 0.05) is 12.1 Å². The number of hydrogen-bond donors (Lipinski definition) is 1. The molecule has 3 rings (SSSR count). The van der Waals surface area contributed by atoms with E-state index in [1.165, 1.54) is 12.1 Å². The molecule has 130 valence electrons. The van der Waals surface area contributed by atoms with Crippen LogP contribution in [0.15, 0.2) is 18.2 Å². The van der Waals surface area contributed by atoms with E-state index in [0.29, 0.717) is 6.42 Å². The highest BCUT2D eigenvalue weighted by Crippen LogP contribution is 2.39.